The summed E-state index contributed by atoms with van der Waals surface area (Å²) in [7, 11) is 0. The molecule has 0 saturated carbocycles. The molecule has 0 aliphatic carbocycles. The second-order valence-corrected chi connectivity index (χ2v) is 8.99. The second kappa shape index (κ2) is 7.21. The van der Waals surface area contributed by atoms with Crippen LogP contribution < -0.4 is 4.74 Å². The Morgan fingerprint density at radius 3 is 2.50 bits per heavy atom. The molecule has 0 fully saturated rings. The average Bonchev–Trinajstić information content (AvgIpc) is 3.15. The number of nitrogens with zero attached hydrogens (tertiary/aromatic N) is 2. The van der Waals surface area contributed by atoms with E-state index in [2.05, 4.69) is 50.1 Å². The van der Waals surface area contributed by atoms with Crippen LogP contribution in [0.5, 0.6) is 5.75 Å². The van der Waals surface area contributed by atoms with Gasteiger partial charge in [0.15, 0.2) is 0 Å². The minimum absolute atomic E-state index is 0.0778. The van der Waals surface area contributed by atoms with Gasteiger partial charge in [-0.3, -0.25) is 0 Å². The van der Waals surface area contributed by atoms with Gasteiger partial charge in [0.05, 0.1) is 16.2 Å². The van der Waals surface area contributed by atoms with Crippen molar-refractivity contribution in [3.05, 3.63) is 97.4 Å². The molecule has 0 radical (unpaired) electrons. The zero-order valence-electron chi connectivity index (χ0n) is 14.6. The summed E-state index contributed by atoms with van der Waals surface area (Å²) in [6.07, 6.45) is 0.425. The van der Waals surface area contributed by atoms with Crippen LogP contribution in [-0.4, -0.2) is 10.7 Å². The highest BCUT2D eigenvalue weighted by atomic mass is 79.9. The van der Waals surface area contributed by atoms with Gasteiger partial charge in [0, 0.05) is 27.0 Å². The molecule has 3 aromatic rings. The number of ether oxygens (including phenoxy) is 1. The highest BCUT2D eigenvalue weighted by Crippen LogP contribution is 2.51. The molecule has 3 aromatic carbocycles. The third-order valence-corrected chi connectivity index (χ3v) is 6.48. The average molecular weight is 519 g/mol. The van der Waals surface area contributed by atoms with Crippen molar-refractivity contribution in [1.29, 1.82) is 0 Å². The highest BCUT2D eigenvalue weighted by Gasteiger charge is 2.42. The van der Waals surface area contributed by atoms with Crippen LogP contribution in [0, 0.1) is 0 Å². The van der Waals surface area contributed by atoms with Crippen molar-refractivity contribution in [2.45, 2.75) is 18.7 Å². The maximum absolute atomic E-state index is 6.52. The summed E-state index contributed by atoms with van der Waals surface area (Å²) in [6.45, 7) is 0. The molecule has 0 aromatic heterocycles. The lowest BCUT2D eigenvalue weighted by atomic mass is 9.96. The summed E-state index contributed by atoms with van der Waals surface area (Å²) >= 11 is 13.8. The van der Waals surface area contributed by atoms with Crippen molar-refractivity contribution in [3.8, 4) is 5.75 Å². The predicted molar refractivity (Wildman–Crippen MR) is 119 cm³/mol. The molecule has 140 valence electrons. The number of halogens is 3. The van der Waals surface area contributed by atoms with Gasteiger partial charge in [-0.15, -0.1) is 0 Å². The number of hydrogen-bond donors (Lipinski definition) is 0. The van der Waals surface area contributed by atoms with E-state index < -0.39 is 0 Å². The first kappa shape index (κ1) is 18.2. The lowest BCUT2D eigenvalue weighted by molar-refractivity contribution is -0.0196. The monoisotopic (exact) mass is 516 g/mol. The minimum Gasteiger partial charge on any atom is -0.463 e. The second-order valence-electron chi connectivity index (χ2n) is 6.81. The molecular formula is C22H15Br2ClN2O. The van der Waals surface area contributed by atoms with Gasteiger partial charge in [-0.2, -0.15) is 5.10 Å². The molecule has 0 N–H and O–H groups in total. The van der Waals surface area contributed by atoms with E-state index in [1.54, 1.807) is 0 Å². The Kier molecular flexibility index (Phi) is 4.69. The standard InChI is InChI=1S/C22H15Br2ClN2O/c23-14-10-16-20-12-19(13-6-2-1-3-7-13)26-27(20)22(28-21(16)17(24)11-14)15-8-4-5-9-18(15)25/h1-11,20,22H,12H2/t20-,22+/m1/s1. The zero-order valence-corrected chi connectivity index (χ0v) is 18.6. The Morgan fingerprint density at radius 2 is 1.71 bits per heavy atom. The number of benzene rings is 3. The molecular weight excluding hydrogens is 504 g/mol. The Hall–Kier alpha value is -1.82. The molecule has 0 amide bonds. The Balaban J connectivity index is 1.66. The molecule has 2 aliphatic heterocycles. The lowest BCUT2D eigenvalue weighted by Gasteiger charge is -2.39. The first-order chi connectivity index (χ1) is 13.6. The van der Waals surface area contributed by atoms with Gasteiger partial charge in [-0.25, -0.2) is 5.01 Å². The van der Waals surface area contributed by atoms with E-state index in [-0.39, 0.29) is 12.3 Å². The third-order valence-electron chi connectivity index (χ3n) is 5.09. The van der Waals surface area contributed by atoms with Crippen LogP contribution in [0.15, 0.2) is 80.8 Å². The molecule has 0 unspecified atom stereocenters. The summed E-state index contributed by atoms with van der Waals surface area (Å²) in [6, 6.07) is 22.3. The highest BCUT2D eigenvalue weighted by molar-refractivity contribution is 9.11. The molecule has 2 heterocycles. The molecule has 0 bridgehead atoms. The summed E-state index contributed by atoms with van der Waals surface area (Å²) in [5.41, 5.74) is 4.20. The first-order valence-electron chi connectivity index (χ1n) is 8.93. The van der Waals surface area contributed by atoms with E-state index in [0.717, 1.165) is 43.5 Å². The number of hydrazone groups is 1. The van der Waals surface area contributed by atoms with Gasteiger partial charge in [-0.1, -0.05) is 76.1 Å². The number of rotatable bonds is 2. The van der Waals surface area contributed by atoms with Crippen LogP contribution in [0.25, 0.3) is 0 Å². The van der Waals surface area contributed by atoms with Crippen LogP contribution in [0.2, 0.25) is 5.02 Å². The van der Waals surface area contributed by atoms with Crippen LogP contribution in [-0.2, 0) is 0 Å². The fourth-order valence-electron chi connectivity index (χ4n) is 3.80. The van der Waals surface area contributed by atoms with Crippen LogP contribution in [0.1, 0.15) is 35.4 Å². The Morgan fingerprint density at radius 1 is 0.964 bits per heavy atom. The topological polar surface area (TPSA) is 24.8 Å². The van der Waals surface area contributed by atoms with Gasteiger partial charge >= 0.3 is 0 Å². The first-order valence-corrected chi connectivity index (χ1v) is 10.9. The fourth-order valence-corrected chi connectivity index (χ4v) is 5.38. The van der Waals surface area contributed by atoms with Crippen molar-refractivity contribution in [2.75, 3.05) is 0 Å². The van der Waals surface area contributed by atoms with E-state index in [1.807, 2.05) is 53.5 Å². The maximum Gasteiger partial charge on any atom is 0.215 e. The van der Waals surface area contributed by atoms with Crippen molar-refractivity contribution < 1.29 is 4.74 Å². The summed E-state index contributed by atoms with van der Waals surface area (Å²) in [5.74, 6) is 0.846. The molecule has 0 saturated heterocycles. The van der Waals surface area contributed by atoms with Crippen molar-refractivity contribution in [1.82, 2.24) is 5.01 Å². The van der Waals surface area contributed by atoms with Gasteiger partial charge in [-0.05, 0) is 39.7 Å². The lowest BCUT2D eigenvalue weighted by Crippen LogP contribution is -2.34. The molecule has 2 atom stereocenters. The predicted octanol–water partition coefficient (Wildman–Crippen LogP) is 7.11. The maximum atomic E-state index is 6.52. The van der Waals surface area contributed by atoms with E-state index in [1.165, 1.54) is 0 Å². The van der Waals surface area contributed by atoms with E-state index in [9.17, 15) is 0 Å². The molecule has 6 heteroatoms. The Bertz CT molecular complexity index is 1090. The zero-order chi connectivity index (χ0) is 19.3. The number of fused-ring (bicyclic) bond motifs is 3. The molecule has 2 aliphatic rings. The van der Waals surface area contributed by atoms with Crippen LogP contribution in [0.3, 0.4) is 0 Å². The molecule has 28 heavy (non-hydrogen) atoms. The van der Waals surface area contributed by atoms with Crippen LogP contribution >= 0.6 is 43.5 Å². The van der Waals surface area contributed by atoms with Crippen molar-refractivity contribution in [2.24, 2.45) is 5.10 Å². The van der Waals surface area contributed by atoms with E-state index in [0.29, 0.717) is 5.02 Å². The largest absolute Gasteiger partial charge is 0.463 e. The van der Waals surface area contributed by atoms with E-state index in [4.69, 9.17) is 21.4 Å². The minimum atomic E-state index is -0.384. The fraction of sp³-hybridized carbons (Fsp3) is 0.136. The third kappa shape index (κ3) is 3.06. The summed E-state index contributed by atoms with van der Waals surface area (Å²) in [4.78, 5) is 0. The molecule has 0 spiro atoms. The van der Waals surface area contributed by atoms with Gasteiger partial charge in [0.2, 0.25) is 6.23 Å². The van der Waals surface area contributed by atoms with E-state index >= 15 is 0 Å². The molecule has 5 rings (SSSR count). The summed E-state index contributed by atoms with van der Waals surface area (Å²) in [5, 5.41) is 7.69. The van der Waals surface area contributed by atoms with Gasteiger partial charge in [0.1, 0.15) is 5.75 Å². The van der Waals surface area contributed by atoms with Gasteiger partial charge in [0.25, 0.3) is 0 Å². The van der Waals surface area contributed by atoms with Crippen molar-refractivity contribution >= 4 is 49.2 Å². The van der Waals surface area contributed by atoms with Crippen LogP contribution in [0.4, 0.5) is 0 Å². The normalized spacial score (nSPS) is 20.2. The van der Waals surface area contributed by atoms with Crippen molar-refractivity contribution in [3.63, 3.8) is 0 Å². The summed E-state index contributed by atoms with van der Waals surface area (Å²) < 4.78 is 8.37. The SMILES string of the molecule is Clc1ccccc1[C@@H]1Oc2c(Br)cc(Br)cc2[C@H]2CC(c3ccccc3)=NN21. The smallest absolute Gasteiger partial charge is 0.215 e. The number of hydrogen-bond acceptors (Lipinski definition) is 3. The van der Waals surface area contributed by atoms with Gasteiger partial charge < -0.3 is 4.74 Å². The Labute approximate surface area is 185 Å². The quantitative estimate of drug-likeness (QED) is 0.361. The molecule has 3 nitrogen and oxygen atoms in total.